The van der Waals surface area contributed by atoms with Crippen molar-refractivity contribution in [1.82, 2.24) is 9.78 Å². The van der Waals surface area contributed by atoms with Crippen LogP contribution < -0.4 is 0 Å². The summed E-state index contributed by atoms with van der Waals surface area (Å²) in [5.74, 6) is 0. The lowest BCUT2D eigenvalue weighted by molar-refractivity contribution is -0.00226. The molecule has 1 atom stereocenters. The van der Waals surface area contributed by atoms with Gasteiger partial charge in [0.25, 0.3) is 0 Å². The monoisotopic (exact) mass is 212 g/mol. The van der Waals surface area contributed by atoms with Crippen LogP contribution in [0, 0.1) is 13.8 Å². The fourth-order valence-electron chi connectivity index (χ4n) is 1.42. The molecule has 0 aliphatic rings. The maximum absolute atomic E-state index is 9.70. The Morgan fingerprint density at radius 3 is 2.60 bits per heavy atom. The zero-order valence-corrected chi connectivity index (χ0v) is 9.90. The number of aromatic nitrogens is 2. The van der Waals surface area contributed by atoms with Crippen molar-refractivity contribution in [2.24, 2.45) is 0 Å². The summed E-state index contributed by atoms with van der Waals surface area (Å²) in [7, 11) is 0. The zero-order valence-electron chi connectivity index (χ0n) is 9.90. The number of nitrogens with zero attached hydrogens (tertiary/aromatic N) is 2. The van der Waals surface area contributed by atoms with Gasteiger partial charge >= 0.3 is 0 Å². The molecule has 1 N–H and O–H groups in total. The lowest BCUT2D eigenvalue weighted by atomic mass is 10.3. The van der Waals surface area contributed by atoms with Crippen LogP contribution in [0.15, 0.2) is 6.07 Å². The van der Waals surface area contributed by atoms with Crippen LogP contribution >= 0.6 is 0 Å². The molecular weight excluding hydrogens is 192 g/mol. The van der Waals surface area contributed by atoms with Crippen molar-refractivity contribution in [3.63, 3.8) is 0 Å². The lowest BCUT2D eigenvalue weighted by Gasteiger charge is -2.14. The van der Waals surface area contributed by atoms with Crippen LogP contribution in [0.2, 0.25) is 0 Å². The fourth-order valence-corrected chi connectivity index (χ4v) is 1.42. The maximum atomic E-state index is 9.70. The smallest absolute Gasteiger partial charge is 0.0969 e. The van der Waals surface area contributed by atoms with Gasteiger partial charge in [-0.2, -0.15) is 5.10 Å². The molecule has 0 bridgehead atoms. The summed E-state index contributed by atoms with van der Waals surface area (Å²) in [5.41, 5.74) is 2.04. The van der Waals surface area contributed by atoms with E-state index in [0.717, 1.165) is 11.4 Å². The molecule has 1 unspecified atom stereocenters. The standard InChI is InChI=1S/C11H20N2O2/c1-8(2)15-7-11(14)6-13-10(4)5-9(3)12-13/h5,8,11,14H,6-7H2,1-4H3. The molecule has 1 rings (SSSR count). The van der Waals surface area contributed by atoms with Crippen molar-refractivity contribution < 1.29 is 9.84 Å². The van der Waals surface area contributed by atoms with Gasteiger partial charge in [-0.15, -0.1) is 0 Å². The van der Waals surface area contributed by atoms with E-state index in [9.17, 15) is 5.11 Å². The van der Waals surface area contributed by atoms with Crippen molar-refractivity contribution in [2.45, 2.75) is 46.4 Å². The average Bonchev–Trinajstić information content (AvgIpc) is 2.42. The molecule has 0 saturated carbocycles. The molecule has 1 aromatic heterocycles. The third kappa shape index (κ3) is 4.01. The normalized spacial score (nSPS) is 13.5. The van der Waals surface area contributed by atoms with E-state index in [1.165, 1.54) is 0 Å². The Morgan fingerprint density at radius 2 is 2.13 bits per heavy atom. The van der Waals surface area contributed by atoms with Gasteiger partial charge in [0.1, 0.15) is 0 Å². The topological polar surface area (TPSA) is 47.3 Å². The Morgan fingerprint density at radius 1 is 1.47 bits per heavy atom. The van der Waals surface area contributed by atoms with E-state index in [0.29, 0.717) is 13.2 Å². The van der Waals surface area contributed by atoms with Crippen LogP contribution in [0.4, 0.5) is 0 Å². The van der Waals surface area contributed by atoms with E-state index in [2.05, 4.69) is 5.10 Å². The first-order chi connectivity index (χ1) is 6.99. The summed E-state index contributed by atoms with van der Waals surface area (Å²) in [6.07, 6.45) is -0.342. The molecule has 0 fully saturated rings. The van der Waals surface area contributed by atoms with Gasteiger partial charge < -0.3 is 9.84 Å². The second kappa shape index (κ2) is 5.28. The molecule has 86 valence electrons. The third-order valence-electron chi connectivity index (χ3n) is 2.11. The molecule has 1 aromatic rings. The van der Waals surface area contributed by atoms with Crippen LogP contribution in [0.1, 0.15) is 25.2 Å². The number of aliphatic hydroxyl groups excluding tert-OH is 1. The molecule has 0 radical (unpaired) electrons. The number of aliphatic hydroxyl groups is 1. The van der Waals surface area contributed by atoms with Crippen LogP contribution in [-0.2, 0) is 11.3 Å². The van der Waals surface area contributed by atoms with Gasteiger partial charge in [0.15, 0.2) is 0 Å². The van der Waals surface area contributed by atoms with Crippen molar-refractivity contribution in [1.29, 1.82) is 0 Å². The highest BCUT2D eigenvalue weighted by Crippen LogP contribution is 2.03. The highest BCUT2D eigenvalue weighted by atomic mass is 16.5. The summed E-state index contributed by atoms with van der Waals surface area (Å²) in [4.78, 5) is 0. The zero-order chi connectivity index (χ0) is 11.4. The van der Waals surface area contributed by atoms with Gasteiger partial charge in [-0.25, -0.2) is 0 Å². The van der Waals surface area contributed by atoms with Gasteiger partial charge in [0.2, 0.25) is 0 Å². The molecule has 1 heterocycles. The predicted octanol–water partition coefficient (Wildman–Crippen LogP) is 1.29. The molecule has 0 spiro atoms. The Labute approximate surface area is 90.9 Å². The van der Waals surface area contributed by atoms with Gasteiger partial charge in [-0.05, 0) is 33.8 Å². The molecule has 15 heavy (non-hydrogen) atoms. The van der Waals surface area contributed by atoms with E-state index in [1.807, 2.05) is 38.4 Å². The number of aryl methyl sites for hydroxylation is 2. The predicted molar refractivity (Wildman–Crippen MR) is 58.8 cm³/mol. The largest absolute Gasteiger partial charge is 0.389 e. The first-order valence-electron chi connectivity index (χ1n) is 5.29. The Hall–Kier alpha value is -0.870. The average molecular weight is 212 g/mol. The molecular formula is C11H20N2O2. The van der Waals surface area contributed by atoms with E-state index in [1.54, 1.807) is 0 Å². The minimum Gasteiger partial charge on any atom is -0.389 e. The molecule has 0 amide bonds. The van der Waals surface area contributed by atoms with Crippen LogP contribution in [-0.4, -0.2) is 33.7 Å². The second-order valence-electron chi connectivity index (χ2n) is 4.15. The lowest BCUT2D eigenvalue weighted by Crippen LogP contribution is -2.24. The van der Waals surface area contributed by atoms with Gasteiger partial charge in [0.05, 0.1) is 31.1 Å². The number of ether oxygens (including phenoxy) is 1. The van der Waals surface area contributed by atoms with Crippen molar-refractivity contribution in [3.8, 4) is 0 Å². The van der Waals surface area contributed by atoms with Crippen LogP contribution in [0.3, 0.4) is 0 Å². The molecule has 0 saturated heterocycles. The number of hydrogen-bond acceptors (Lipinski definition) is 3. The van der Waals surface area contributed by atoms with Gasteiger partial charge in [0, 0.05) is 5.69 Å². The van der Waals surface area contributed by atoms with E-state index in [-0.39, 0.29) is 6.10 Å². The molecule has 0 aromatic carbocycles. The summed E-state index contributed by atoms with van der Waals surface area (Å²) in [6.45, 7) is 8.69. The minimum absolute atomic E-state index is 0.153. The molecule has 0 aliphatic heterocycles. The van der Waals surface area contributed by atoms with E-state index < -0.39 is 6.10 Å². The van der Waals surface area contributed by atoms with Gasteiger partial charge in [-0.3, -0.25) is 4.68 Å². The Balaban J connectivity index is 2.44. The second-order valence-corrected chi connectivity index (χ2v) is 4.15. The Bertz CT molecular complexity index is 308. The van der Waals surface area contributed by atoms with E-state index >= 15 is 0 Å². The molecule has 0 aliphatic carbocycles. The van der Waals surface area contributed by atoms with E-state index in [4.69, 9.17) is 4.74 Å². The minimum atomic E-state index is -0.495. The summed E-state index contributed by atoms with van der Waals surface area (Å²) in [5, 5.41) is 14.0. The van der Waals surface area contributed by atoms with Gasteiger partial charge in [-0.1, -0.05) is 0 Å². The quantitative estimate of drug-likeness (QED) is 0.800. The third-order valence-corrected chi connectivity index (χ3v) is 2.11. The highest BCUT2D eigenvalue weighted by Gasteiger charge is 2.09. The SMILES string of the molecule is Cc1cc(C)n(CC(O)COC(C)C)n1. The maximum Gasteiger partial charge on any atom is 0.0969 e. The highest BCUT2D eigenvalue weighted by molar-refractivity contribution is 5.06. The summed E-state index contributed by atoms with van der Waals surface area (Å²) >= 11 is 0. The number of hydrogen-bond donors (Lipinski definition) is 1. The van der Waals surface area contributed by atoms with Crippen molar-refractivity contribution in [2.75, 3.05) is 6.61 Å². The van der Waals surface area contributed by atoms with Crippen molar-refractivity contribution >= 4 is 0 Å². The molecule has 4 nitrogen and oxygen atoms in total. The first kappa shape index (κ1) is 12.2. The Kier molecular flexibility index (Phi) is 4.29. The number of rotatable bonds is 5. The van der Waals surface area contributed by atoms with Crippen LogP contribution in [0.25, 0.3) is 0 Å². The van der Waals surface area contributed by atoms with Crippen molar-refractivity contribution in [3.05, 3.63) is 17.5 Å². The van der Waals surface area contributed by atoms with Crippen LogP contribution in [0.5, 0.6) is 0 Å². The summed E-state index contributed by atoms with van der Waals surface area (Å²) < 4.78 is 7.14. The fraction of sp³-hybridized carbons (Fsp3) is 0.727. The molecule has 4 heteroatoms. The first-order valence-corrected chi connectivity index (χ1v) is 5.29. The summed E-state index contributed by atoms with van der Waals surface area (Å²) in [6, 6.07) is 2.00.